The van der Waals surface area contributed by atoms with Crippen molar-refractivity contribution < 1.29 is 19.4 Å². The van der Waals surface area contributed by atoms with Crippen LogP contribution in [-0.4, -0.2) is 43.0 Å². The van der Waals surface area contributed by atoms with E-state index in [1.54, 1.807) is 23.9 Å². The zero-order valence-electron chi connectivity index (χ0n) is 10.2. The van der Waals surface area contributed by atoms with Crippen LogP contribution in [0, 0.1) is 0 Å². The molecule has 0 heterocycles. The molecule has 0 radical (unpaired) electrons. The second-order valence-electron chi connectivity index (χ2n) is 3.50. The van der Waals surface area contributed by atoms with Crippen molar-refractivity contribution in [3.8, 4) is 0 Å². The molecule has 1 rings (SSSR count). The van der Waals surface area contributed by atoms with Gasteiger partial charge in [-0.1, -0.05) is 0 Å². The van der Waals surface area contributed by atoms with E-state index in [4.69, 9.17) is 9.84 Å². The van der Waals surface area contributed by atoms with Gasteiger partial charge in [0.15, 0.2) is 6.10 Å². The summed E-state index contributed by atoms with van der Waals surface area (Å²) in [5.41, 5.74) is 0.494. The predicted molar refractivity (Wildman–Crippen MR) is 69.0 cm³/mol. The molecule has 0 aliphatic rings. The van der Waals surface area contributed by atoms with Crippen molar-refractivity contribution in [2.75, 3.05) is 19.9 Å². The topological polar surface area (TPSA) is 75.6 Å². The maximum Gasteiger partial charge on any atom is 0.334 e. The Morgan fingerprint density at radius 3 is 2.44 bits per heavy atom. The maximum atomic E-state index is 11.7. The Hall–Kier alpha value is -1.53. The molecule has 18 heavy (non-hydrogen) atoms. The number of nitrogens with one attached hydrogen (secondary N) is 1. The zero-order valence-corrected chi connectivity index (χ0v) is 11.0. The quantitative estimate of drug-likeness (QED) is 0.760. The van der Waals surface area contributed by atoms with Crippen LogP contribution in [0.2, 0.25) is 0 Å². The van der Waals surface area contributed by atoms with Gasteiger partial charge < -0.3 is 15.2 Å². The van der Waals surface area contributed by atoms with Gasteiger partial charge in [0.25, 0.3) is 5.91 Å². The molecule has 0 saturated carbocycles. The lowest BCUT2D eigenvalue weighted by molar-refractivity contribution is -0.148. The van der Waals surface area contributed by atoms with Crippen LogP contribution in [0.1, 0.15) is 10.4 Å². The third-order valence-electron chi connectivity index (χ3n) is 2.36. The summed E-state index contributed by atoms with van der Waals surface area (Å²) in [4.78, 5) is 23.5. The highest BCUT2D eigenvalue weighted by Gasteiger charge is 2.17. The van der Waals surface area contributed by atoms with Gasteiger partial charge in [-0.25, -0.2) is 4.79 Å². The Balaban J connectivity index is 2.56. The van der Waals surface area contributed by atoms with E-state index in [2.05, 4.69) is 5.32 Å². The van der Waals surface area contributed by atoms with Crippen LogP contribution in [0.15, 0.2) is 29.2 Å². The number of benzene rings is 1. The first kappa shape index (κ1) is 14.5. The molecule has 0 fully saturated rings. The highest BCUT2D eigenvalue weighted by Crippen LogP contribution is 2.14. The summed E-state index contributed by atoms with van der Waals surface area (Å²) in [6.45, 7) is -0.0606. The fraction of sp³-hybridized carbons (Fsp3) is 0.333. The van der Waals surface area contributed by atoms with E-state index in [9.17, 15) is 9.59 Å². The molecule has 0 spiro atoms. The Labute approximate surface area is 110 Å². The molecule has 1 unspecified atom stereocenters. The summed E-state index contributed by atoms with van der Waals surface area (Å²) >= 11 is 1.59. The lowest BCUT2D eigenvalue weighted by Gasteiger charge is -2.11. The van der Waals surface area contributed by atoms with Crippen LogP contribution in [0.3, 0.4) is 0 Å². The first-order valence-corrected chi connectivity index (χ1v) is 6.48. The van der Waals surface area contributed by atoms with Crippen molar-refractivity contribution in [1.82, 2.24) is 5.32 Å². The number of amides is 1. The van der Waals surface area contributed by atoms with Gasteiger partial charge in [-0.3, -0.25) is 4.79 Å². The summed E-state index contributed by atoms with van der Waals surface area (Å²) in [7, 11) is 1.29. The molecule has 1 amide bonds. The molecule has 1 atom stereocenters. The molecule has 6 heteroatoms. The summed E-state index contributed by atoms with van der Waals surface area (Å²) in [6.07, 6.45) is 0.921. The number of methoxy groups -OCH3 is 1. The average molecular weight is 269 g/mol. The standard InChI is InChI=1S/C12H15NO4S/c1-17-10(12(15)16)7-13-11(14)8-3-5-9(18-2)6-4-8/h3-6,10H,7H2,1-2H3,(H,13,14)(H,15,16). The number of carbonyl (C=O) groups is 2. The third-order valence-corrected chi connectivity index (χ3v) is 3.10. The SMILES string of the molecule is COC(CNC(=O)c1ccc(SC)cc1)C(=O)O. The maximum absolute atomic E-state index is 11.7. The lowest BCUT2D eigenvalue weighted by atomic mass is 10.2. The third kappa shape index (κ3) is 4.05. The average Bonchev–Trinajstić information content (AvgIpc) is 2.39. The largest absolute Gasteiger partial charge is 0.479 e. The number of carboxylic acid groups (broad SMARTS) is 1. The van der Waals surface area contributed by atoms with Crippen LogP contribution in [0.5, 0.6) is 0 Å². The highest BCUT2D eigenvalue weighted by molar-refractivity contribution is 7.98. The van der Waals surface area contributed by atoms with Crippen molar-refractivity contribution >= 4 is 23.6 Å². The first-order valence-electron chi connectivity index (χ1n) is 5.26. The van der Waals surface area contributed by atoms with Gasteiger partial charge in [-0.15, -0.1) is 11.8 Å². The van der Waals surface area contributed by atoms with Crippen molar-refractivity contribution in [2.45, 2.75) is 11.0 Å². The molecule has 0 aliphatic heterocycles. The minimum absolute atomic E-state index is 0.0606. The summed E-state index contributed by atoms with van der Waals surface area (Å²) in [6, 6.07) is 7.07. The molecule has 0 saturated heterocycles. The lowest BCUT2D eigenvalue weighted by Crippen LogP contribution is -2.37. The van der Waals surface area contributed by atoms with Gasteiger partial charge >= 0.3 is 5.97 Å². The number of carbonyl (C=O) groups excluding carboxylic acids is 1. The molecule has 2 N–H and O–H groups in total. The highest BCUT2D eigenvalue weighted by atomic mass is 32.2. The van der Waals surface area contributed by atoms with E-state index in [1.165, 1.54) is 7.11 Å². The molecule has 1 aromatic carbocycles. The number of rotatable bonds is 6. The minimum Gasteiger partial charge on any atom is -0.479 e. The Kier molecular flexibility index (Phi) is 5.67. The van der Waals surface area contributed by atoms with E-state index in [-0.39, 0.29) is 12.5 Å². The fourth-order valence-corrected chi connectivity index (χ4v) is 1.71. The van der Waals surface area contributed by atoms with Gasteiger partial charge in [0.05, 0.1) is 6.54 Å². The van der Waals surface area contributed by atoms with Crippen LogP contribution in [0.4, 0.5) is 0 Å². The number of hydrogen-bond donors (Lipinski definition) is 2. The van der Waals surface area contributed by atoms with E-state index >= 15 is 0 Å². The van der Waals surface area contributed by atoms with Crippen molar-refractivity contribution in [3.05, 3.63) is 29.8 Å². The molecular formula is C12H15NO4S. The molecule has 5 nitrogen and oxygen atoms in total. The Morgan fingerprint density at radius 1 is 1.39 bits per heavy atom. The number of ether oxygens (including phenoxy) is 1. The fourth-order valence-electron chi connectivity index (χ4n) is 1.30. The van der Waals surface area contributed by atoms with E-state index in [1.807, 2.05) is 18.4 Å². The second kappa shape index (κ2) is 7.03. The summed E-state index contributed by atoms with van der Waals surface area (Å²) in [5, 5.41) is 11.3. The number of carboxylic acids is 1. The molecule has 98 valence electrons. The van der Waals surface area contributed by atoms with E-state index in [0.29, 0.717) is 5.56 Å². The number of aliphatic carboxylic acids is 1. The van der Waals surface area contributed by atoms with Crippen molar-refractivity contribution in [3.63, 3.8) is 0 Å². The van der Waals surface area contributed by atoms with Gasteiger partial charge in [0.2, 0.25) is 0 Å². The zero-order chi connectivity index (χ0) is 13.5. The van der Waals surface area contributed by atoms with Crippen molar-refractivity contribution in [2.24, 2.45) is 0 Å². The summed E-state index contributed by atoms with van der Waals surface area (Å²) < 4.78 is 4.72. The van der Waals surface area contributed by atoms with Gasteiger partial charge in [-0.05, 0) is 30.5 Å². The van der Waals surface area contributed by atoms with Crippen LogP contribution in [0.25, 0.3) is 0 Å². The normalized spacial score (nSPS) is 11.9. The second-order valence-corrected chi connectivity index (χ2v) is 4.38. The van der Waals surface area contributed by atoms with E-state index < -0.39 is 12.1 Å². The monoisotopic (exact) mass is 269 g/mol. The Morgan fingerprint density at radius 2 is 2.00 bits per heavy atom. The minimum atomic E-state index is -1.10. The summed E-state index contributed by atoms with van der Waals surface area (Å²) in [5.74, 6) is -1.42. The molecule has 0 bridgehead atoms. The van der Waals surface area contributed by atoms with Crippen LogP contribution in [-0.2, 0) is 9.53 Å². The molecule has 0 aliphatic carbocycles. The first-order chi connectivity index (χ1) is 8.58. The van der Waals surface area contributed by atoms with E-state index in [0.717, 1.165) is 4.90 Å². The number of hydrogen-bond acceptors (Lipinski definition) is 4. The van der Waals surface area contributed by atoms with Gasteiger partial charge in [0.1, 0.15) is 0 Å². The van der Waals surface area contributed by atoms with Crippen LogP contribution >= 0.6 is 11.8 Å². The predicted octanol–water partition coefficient (Wildman–Crippen LogP) is 1.24. The van der Waals surface area contributed by atoms with Gasteiger partial charge in [0, 0.05) is 17.6 Å². The van der Waals surface area contributed by atoms with Crippen molar-refractivity contribution in [1.29, 1.82) is 0 Å². The smallest absolute Gasteiger partial charge is 0.334 e. The van der Waals surface area contributed by atoms with Crippen LogP contribution < -0.4 is 5.32 Å². The molecule has 1 aromatic rings. The molecule has 0 aromatic heterocycles. The van der Waals surface area contributed by atoms with Gasteiger partial charge in [-0.2, -0.15) is 0 Å². The Bertz CT molecular complexity index is 419. The molecular weight excluding hydrogens is 254 g/mol. The number of thioether (sulfide) groups is 1.